The Morgan fingerprint density at radius 1 is 1.23 bits per heavy atom. The van der Waals surface area contributed by atoms with Crippen molar-refractivity contribution < 1.29 is 9.53 Å². The standard InChI is InChI=1S/C19H28O2Si/c1-22(2,3)14-13-21-19(20)18-12-8-7-11-17(18)15-16-9-5-4-6-10-16/h4-6,9-10,15,18H,7-8,11-14H2,1-3H3/b17-15-. The summed E-state index contributed by atoms with van der Waals surface area (Å²) in [6.07, 6.45) is 6.44. The van der Waals surface area contributed by atoms with E-state index in [4.69, 9.17) is 4.74 Å². The van der Waals surface area contributed by atoms with Gasteiger partial charge in [-0.1, -0.05) is 68.0 Å². The predicted molar refractivity (Wildman–Crippen MR) is 95.5 cm³/mol. The van der Waals surface area contributed by atoms with Gasteiger partial charge in [0.25, 0.3) is 0 Å². The summed E-state index contributed by atoms with van der Waals surface area (Å²) in [5.74, 6) is -0.0456. The molecule has 0 aliphatic heterocycles. The molecule has 0 spiro atoms. The van der Waals surface area contributed by atoms with Crippen LogP contribution in [-0.4, -0.2) is 20.7 Å². The van der Waals surface area contributed by atoms with Gasteiger partial charge in [-0.15, -0.1) is 0 Å². The zero-order valence-electron chi connectivity index (χ0n) is 14.1. The topological polar surface area (TPSA) is 26.3 Å². The summed E-state index contributed by atoms with van der Waals surface area (Å²) >= 11 is 0. The molecule has 3 heteroatoms. The minimum Gasteiger partial charge on any atom is -0.466 e. The Balaban J connectivity index is 2.00. The lowest BCUT2D eigenvalue weighted by Gasteiger charge is -2.25. The zero-order chi connectivity index (χ0) is 16.0. The van der Waals surface area contributed by atoms with Crippen LogP contribution < -0.4 is 0 Å². The van der Waals surface area contributed by atoms with Crippen LogP contribution >= 0.6 is 0 Å². The maximum Gasteiger partial charge on any atom is 0.313 e. The van der Waals surface area contributed by atoms with Gasteiger partial charge < -0.3 is 4.74 Å². The number of carbonyl (C=O) groups is 1. The third-order valence-electron chi connectivity index (χ3n) is 4.19. The molecule has 0 N–H and O–H groups in total. The van der Waals surface area contributed by atoms with Gasteiger partial charge in [-0.3, -0.25) is 4.79 Å². The summed E-state index contributed by atoms with van der Waals surface area (Å²) in [6.45, 7) is 7.51. The molecule has 1 saturated carbocycles. The van der Waals surface area contributed by atoms with Crippen molar-refractivity contribution in [1.82, 2.24) is 0 Å². The van der Waals surface area contributed by atoms with Gasteiger partial charge in [-0.05, 0) is 30.9 Å². The van der Waals surface area contributed by atoms with E-state index in [9.17, 15) is 4.79 Å². The summed E-state index contributed by atoms with van der Waals surface area (Å²) in [5.41, 5.74) is 2.43. The highest BCUT2D eigenvalue weighted by Gasteiger charge is 2.27. The number of esters is 1. The fourth-order valence-electron chi connectivity index (χ4n) is 2.80. The van der Waals surface area contributed by atoms with E-state index in [1.165, 1.54) is 17.6 Å². The maximum atomic E-state index is 12.4. The van der Waals surface area contributed by atoms with E-state index in [1.54, 1.807) is 0 Å². The highest BCUT2D eigenvalue weighted by atomic mass is 28.3. The van der Waals surface area contributed by atoms with Gasteiger partial charge >= 0.3 is 5.97 Å². The molecule has 1 atom stereocenters. The van der Waals surface area contributed by atoms with Crippen LogP contribution in [0.3, 0.4) is 0 Å². The summed E-state index contributed by atoms with van der Waals surface area (Å²) in [5, 5.41) is 0. The van der Waals surface area contributed by atoms with Crippen molar-refractivity contribution in [3.63, 3.8) is 0 Å². The van der Waals surface area contributed by atoms with Crippen LogP contribution in [0.2, 0.25) is 25.7 Å². The van der Waals surface area contributed by atoms with Crippen LogP contribution in [0.1, 0.15) is 31.2 Å². The zero-order valence-corrected chi connectivity index (χ0v) is 15.1. The summed E-state index contributed by atoms with van der Waals surface area (Å²) in [6, 6.07) is 11.3. The van der Waals surface area contributed by atoms with Gasteiger partial charge in [0.2, 0.25) is 0 Å². The summed E-state index contributed by atoms with van der Waals surface area (Å²) in [7, 11) is -1.14. The highest BCUT2D eigenvalue weighted by Crippen LogP contribution is 2.32. The molecular formula is C19H28O2Si. The van der Waals surface area contributed by atoms with Crippen molar-refractivity contribution in [3.05, 3.63) is 41.5 Å². The molecule has 1 aliphatic carbocycles. The van der Waals surface area contributed by atoms with Crippen LogP contribution in [0.4, 0.5) is 0 Å². The summed E-state index contributed by atoms with van der Waals surface area (Å²) in [4.78, 5) is 12.4. The van der Waals surface area contributed by atoms with Crippen LogP contribution in [0.25, 0.3) is 6.08 Å². The highest BCUT2D eigenvalue weighted by molar-refractivity contribution is 6.76. The van der Waals surface area contributed by atoms with Crippen LogP contribution in [0.5, 0.6) is 0 Å². The van der Waals surface area contributed by atoms with Crippen LogP contribution in [0, 0.1) is 5.92 Å². The van der Waals surface area contributed by atoms with Crippen molar-refractivity contribution in [2.45, 2.75) is 51.4 Å². The normalized spacial score (nSPS) is 20.9. The Kier molecular flexibility index (Phi) is 6.01. The van der Waals surface area contributed by atoms with E-state index in [2.05, 4.69) is 37.8 Å². The minimum absolute atomic E-state index is 0.0138. The van der Waals surface area contributed by atoms with Gasteiger partial charge in [-0.25, -0.2) is 0 Å². The monoisotopic (exact) mass is 316 g/mol. The Labute approximate surface area is 135 Å². The molecule has 0 aromatic heterocycles. The maximum absolute atomic E-state index is 12.4. The molecule has 1 unspecified atom stereocenters. The van der Waals surface area contributed by atoms with E-state index in [-0.39, 0.29) is 11.9 Å². The molecule has 0 amide bonds. The Hall–Kier alpha value is -1.35. The minimum atomic E-state index is -1.14. The molecule has 0 bridgehead atoms. The number of carbonyl (C=O) groups excluding carboxylic acids is 1. The predicted octanol–water partition coefficient (Wildman–Crippen LogP) is 5.14. The molecular weight excluding hydrogens is 288 g/mol. The molecule has 1 aromatic carbocycles. The van der Waals surface area contributed by atoms with Gasteiger partial charge in [0.1, 0.15) is 0 Å². The van der Waals surface area contributed by atoms with E-state index in [1.807, 2.05) is 18.2 Å². The first-order valence-corrected chi connectivity index (χ1v) is 12.1. The Morgan fingerprint density at radius 3 is 2.64 bits per heavy atom. The number of hydrogen-bond donors (Lipinski definition) is 0. The second-order valence-corrected chi connectivity index (χ2v) is 13.0. The molecule has 1 fully saturated rings. The first kappa shape index (κ1) is 17.0. The van der Waals surface area contributed by atoms with Gasteiger partial charge in [0, 0.05) is 8.07 Å². The van der Waals surface area contributed by atoms with Crippen molar-refractivity contribution in [3.8, 4) is 0 Å². The molecule has 2 nitrogen and oxygen atoms in total. The lowest BCUT2D eigenvalue weighted by atomic mass is 9.83. The largest absolute Gasteiger partial charge is 0.466 e. The van der Waals surface area contributed by atoms with E-state index < -0.39 is 8.07 Å². The first-order chi connectivity index (χ1) is 10.5. The second-order valence-electron chi connectivity index (χ2n) is 7.41. The summed E-state index contributed by atoms with van der Waals surface area (Å²) < 4.78 is 5.58. The SMILES string of the molecule is C[Si](C)(C)CCOC(=O)C1CCCC/C1=C/c1ccccc1. The van der Waals surface area contributed by atoms with E-state index in [0.717, 1.165) is 25.3 Å². The molecule has 1 aliphatic rings. The van der Waals surface area contributed by atoms with Crippen molar-refractivity contribution in [1.29, 1.82) is 0 Å². The first-order valence-electron chi connectivity index (χ1n) is 8.38. The molecule has 2 rings (SSSR count). The molecule has 120 valence electrons. The van der Waals surface area contributed by atoms with Crippen molar-refractivity contribution in [2.24, 2.45) is 5.92 Å². The fourth-order valence-corrected chi connectivity index (χ4v) is 3.52. The molecule has 0 saturated heterocycles. The number of benzene rings is 1. The average molecular weight is 317 g/mol. The van der Waals surface area contributed by atoms with E-state index in [0.29, 0.717) is 6.61 Å². The van der Waals surface area contributed by atoms with Gasteiger partial charge in [0.05, 0.1) is 12.5 Å². The molecule has 0 radical (unpaired) electrons. The number of ether oxygens (including phenoxy) is 1. The molecule has 22 heavy (non-hydrogen) atoms. The lowest BCUT2D eigenvalue weighted by Crippen LogP contribution is -2.26. The average Bonchev–Trinajstić information content (AvgIpc) is 2.47. The molecule has 0 heterocycles. The lowest BCUT2D eigenvalue weighted by molar-refractivity contribution is -0.147. The Morgan fingerprint density at radius 2 is 1.95 bits per heavy atom. The smallest absolute Gasteiger partial charge is 0.313 e. The van der Waals surface area contributed by atoms with Gasteiger partial charge in [-0.2, -0.15) is 0 Å². The van der Waals surface area contributed by atoms with Crippen LogP contribution in [-0.2, 0) is 9.53 Å². The quantitative estimate of drug-likeness (QED) is 0.555. The van der Waals surface area contributed by atoms with Crippen LogP contribution in [0.15, 0.2) is 35.9 Å². The molecule has 1 aromatic rings. The van der Waals surface area contributed by atoms with E-state index >= 15 is 0 Å². The van der Waals surface area contributed by atoms with Crippen molar-refractivity contribution >= 4 is 20.1 Å². The third kappa shape index (κ3) is 5.45. The third-order valence-corrected chi connectivity index (χ3v) is 5.89. The number of rotatable bonds is 5. The second kappa shape index (κ2) is 7.77. The fraction of sp³-hybridized carbons (Fsp3) is 0.526. The van der Waals surface area contributed by atoms with Crippen molar-refractivity contribution in [2.75, 3.05) is 6.61 Å². The van der Waals surface area contributed by atoms with Gasteiger partial charge in [0.15, 0.2) is 0 Å². The number of hydrogen-bond acceptors (Lipinski definition) is 2. The Bertz CT molecular complexity index is 514.